The Hall–Kier alpha value is -1.32. The molecular formula is C9H12O4. The minimum atomic E-state index is -1.04. The monoisotopic (exact) mass is 184 g/mol. The number of rotatable bonds is 3. The van der Waals surface area contributed by atoms with E-state index in [-0.39, 0.29) is 11.3 Å². The SMILES string of the molecule is CC1(C)C(/C=C/C(=O)O)C1C(=O)O. The highest BCUT2D eigenvalue weighted by Crippen LogP contribution is 2.58. The molecule has 13 heavy (non-hydrogen) atoms. The van der Waals surface area contributed by atoms with E-state index in [1.165, 1.54) is 6.08 Å². The number of hydrogen-bond donors (Lipinski definition) is 2. The Kier molecular flexibility index (Phi) is 2.15. The zero-order valence-electron chi connectivity index (χ0n) is 7.52. The second-order valence-electron chi connectivity index (χ2n) is 3.86. The average molecular weight is 184 g/mol. The van der Waals surface area contributed by atoms with Crippen LogP contribution in [-0.4, -0.2) is 22.2 Å². The highest BCUT2D eigenvalue weighted by Gasteiger charge is 2.60. The van der Waals surface area contributed by atoms with Crippen molar-refractivity contribution in [1.29, 1.82) is 0 Å². The Bertz CT molecular complexity index is 277. The average Bonchev–Trinajstić information content (AvgIpc) is 2.48. The molecule has 0 aromatic carbocycles. The Balaban J connectivity index is 2.66. The summed E-state index contributed by atoms with van der Waals surface area (Å²) >= 11 is 0. The lowest BCUT2D eigenvalue weighted by atomic mass is 10.1. The quantitative estimate of drug-likeness (QED) is 0.641. The maximum atomic E-state index is 10.7. The zero-order valence-corrected chi connectivity index (χ0v) is 7.52. The molecule has 1 rings (SSSR count). The first-order valence-electron chi connectivity index (χ1n) is 4.01. The fourth-order valence-electron chi connectivity index (χ4n) is 1.69. The molecule has 72 valence electrons. The molecule has 4 heteroatoms. The molecule has 0 aliphatic heterocycles. The van der Waals surface area contributed by atoms with Gasteiger partial charge in [0.05, 0.1) is 5.92 Å². The Morgan fingerprint density at radius 2 is 1.85 bits per heavy atom. The number of carboxylic acid groups (broad SMARTS) is 2. The van der Waals surface area contributed by atoms with Gasteiger partial charge in [0.25, 0.3) is 0 Å². The molecule has 1 fully saturated rings. The highest BCUT2D eigenvalue weighted by atomic mass is 16.4. The molecule has 0 saturated heterocycles. The summed E-state index contributed by atoms with van der Waals surface area (Å²) < 4.78 is 0. The second-order valence-corrected chi connectivity index (χ2v) is 3.86. The number of aliphatic carboxylic acids is 2. The van der Waals surface area contributed by atoms with E-state index in [9.17, 15) is 9.59 Å². The number of hydrogen-bond acceptors (Lipinski definition) is 2. The molecule has 1 aliphatic rings. The van der Waals surface area contributed by atoms with Crippen molar-refractivity contribution in [2.75, 3.05) is 0 Å². The summed E-state index contributed by atoms with van der Waals surface area (Å²) in [5, 5.41) is 17.1. The third-order valence-corrected chi connectivity index (χ3v) is 2.62. The molecule has 0 bridgehead atoms. The predicted molar refractivity (Wildman–Crippen MR) is 45.2 cm³/mol. The van der Waals surface area contributed by atoms with Gasteiger partial charge in [0.15, 0.2) is 0 Å². The molecule has 2 unspecified atom stereocenters. The highest BCUT2D eigenvalue weighted by molar-refractivity contribution is 5.81. The van der Waals surface area contributed by atoms with Crippen molar-refractivity contribution in [1.82, 2.24) is 0 Å². The van der Waals surface area contributed by atoms with Crippen LogP contribution in [0.5, 0.6) is 0 Å². The third kappa shape index (κ3) is 1.71. The maximum Gasteiger partial charge on any atom is 0.327 e. The minimum absolute atomic E-state index is 0.152. The van der Waals surface area contributed by atoms with Crippen LogP contribution in [0.25, 0.3) is 0 Å². The summed E-state index contributed by atoms with van der Waals surface area (Å²) in [6.07, 6.45) is 2.47. The van der Waals surface area contributed by atoms with Gasteiger partial charge in [-0.2, -0.15) is 0 Å². The van der Waals surface area contributed by atoms with Crippen LogP contribution < -0.4 is 0 Å². The Labute approximate surface area is 75.9 Å². The van der Waals surface area contributed by atoms with Crippen molar-refractivity contribution < 1.29 is 19.8 Å². The summed E-state index contributed by atoms with van der Waals surface area (Å²) in [6, 6.07) is 0. The summed E-state index contributed by atoms with van der Waals surface area (Å²) in [5.74, 6) is -2.49. The molecular weight excluding hydrogens is 172 g/mol. The van der Waals surface area contributed by atoms with E-state index in [2.05, 4.69) is 0 Å². The van der Waals surface area contributed by atoms with Crippen molar-refractivity contribution in [3.8, 4) is 0 Å². The molecule has 0 radical (unpaired) electrons. The van der Waals surface area contributed by atoms with Gasteiger partial charge in [-0.15, -0.1) is 0 Å². The minimum Gasteiger partial charge on any atom is -0.481 e. The van der Waals surface area contributed by atoms with E-state index in [0.29, 0.717) is 0 Å². The first kappa shape index (κ1) is 9.77. The molecule has 0 heterocycles. The van der Waals surface area contributed by atoms with Crippen molar-refractivity contribution in [3.05, 3.63) is 12.2 Å². The van der Waals surface area contributed by atoms with E-state index < -0.39 is 17.9 Å². The van der Waals surface area contributed by atoms with Crippen LogP contribution in [0, 0.1) is 17.3 Å². The van der Waals surface area contributed by atoms with Gasteiger partial charge >= 0.3 is 11.9 Å². The van der Waals surface area contributed by atoms with Crippen LogP contribution in [0.2, 0.25) is 0 Å². The molecule has 0 amide bonds. The van der Waals surface area contributed by atoms with Crippen molar-refractivity contribution in [2.24, 2.45) is 17.3 Å². The van der Waals surface area contributed by atoms with E-state index in [4.69, 9.17) is 10.2 Å². The van der Waals surface area contributed by atoms with E-state index >= 15 is 0 Å². The van der Waals surface area contributed by atoms with E-state index in [0.717, 1.165) is 6.08 Å². The topological polar surface area (TPSA) is 74.6 Å². The van der Waals surface area contributed by atoms with Gasteiger partial charge in [0.1, 0.15) is 0 Å². The number of carboxylic acids is 2. The third-order valence-electron chi connectivity index (χ3n) is 2.62. The van der Waals surface area contributed by atoms with Crippen molar-refractivity contribution in [2.45, 2.75) is 13.8 Å². The largest absolute Gasteiger partial charge is 0.481 e. The van der Waals surface area contributed by atoms with Crippen molar-refractivity contribution in [3.63, 3.8) is 0 Å². The van der Waals surface area contributed by atoms with Gasteiger partial charge in [-0.25, -0.2) is 4.79 Å². The van der Waals surface area contributed by atoms with E-state index in [1.807, 2.05) is 13.8 Å². The van der Waals surface area contributed by atoms with Gasteiger partial charge in [-0.1, -0.05) is 19.9 Å². The molecule has 0 spiro atoms. The van der Waals surface area contributed by atoms with Gasteiger partial charge in [-0.05, 0) is 11.3 Å². The first-order chi connectivity index (χ1) is 5.87. The van der Waals surface area contributed by atoms with Gasteiger partial charge in [-0.3, -0.25) is 4.79 Å². The number of allylic oxidation sites excluding steroid dienone is 1. The molecule has 2 atom stereocenters. The summed E-state index contributed by atoms with van der Waals surface area (Å²) in [5.41, 5.74) is -0.308. The predicted octanol–water partition coefficient (Wildman–Crippen LogP) is 0.984. The molecule has 4 nitrogen and oxygen atoms in total. The smallest absolute Gasteiger partial charge is 0.327 e. The summed E-state index contributed by atoms with van der Waals surface area (Å²) in [7, 11) is 0. The Morgan fingerprint density at radius 3 is 2.15 bits per heavy atom. The lowest BCUT2D eigenvalue weighted by Gasteiger charge is -1.95. The lowest BCUT2D eigenvalue weighted by Crippen LogP contribution is -2.03. The van der Waals surface area contributed by atoms with Crippen molar-refractivity contribution >= 4 is 11.9 Å². The lowest BCUT2D eigenvalue weighted by molar-refractivity contribution is -0.139. The normalized spacial score (nSPS) is 30.3. The zero-order chi connectivity index (χ0) is 10.2. The number of carbonyl (C=O) groups is 2. The summed E-state index contributed by atoms with van der Waals surface area (Å²) in [6.45, 7) is 3.64. The molecule has 2 N–H and O–H groups in total. The molecule has 1 saturated carbocycles. The second kappa shape index (κ2) is 2.87. The van der Waals surface area contributed by atoms with Crippen LogP contribution in [0.3, 0.4) is 0 Å². The maximum absolute atomic E-state index is 10.7. The van der Waals surface area contributed by atoms with Crippen LogP contribution in [0.1, 0.15) is 13.8 Å². The molecule has 1 aliphatic carbocycles. The fourth-order valence-corrected chi connectivity index (χ4v) is 1.69. The van der Waals surface area contributed by atoms with Crippen LogP contribution in [0.4, 0.5) is 0 Å². The first-order valence-corrected chi connectivity index (χ1v) is 4.01. The van der Waals surface area contributed by atoms with Gasteiger partial charge < -0.3 is 10.2 Å². The van der Waals surface area contributed by atoms with Crippen LogP contribution in [-0.2, 0) is 9.59 Å². The van der Waals surface area contributed by atoms with Gasteiger partial charge in [0, 0.05) is 6.08 Å². The fraction of sp³-hybridized carbons (Fsp3) is 0.556. The Morgan fingerprint density at radius 1 is 1.31 bits per heavy atom. The van der Waals surface area contributed by atoms with Crippen LogP contribution in [0.15, 0.2) is 12.2 Å². The summed E-state index contributed by atoms with van der Waals surface area (Å²) in [4.78, 5) is 20.8. The van der Waals surface area contributed by atoms with Crippen LogP contribution >= 0.6 is 0 Å². The van der Waals surface area contributed by atoms with Gasteiger partial charge in [0.2, 0.25) is 0 Å². The van der Waals surface area contributed by atoms with E-state index in [1.54, 1.807) is 0 Å². The molecule has 0 aromatic rings. The molecule has 0 aromatic heterocycles. The standard InChI is InChI=1S/C9H12O4/c1-9(2)5(3-4-6(10)11)7(9)8(12)13/h3-5,7H,1-2H3,(H,10,11)(H,12,13)/b4-3+.